The number of nitrogens with zero attached hydrogens (tertiary/aromatic N) is 2. The first kappa shape index (κ1) is 13.7. The first-order valence-corrected chi connectivity index (χ1v) is 5.28. The van der Waals surface area contributed by atoms with Gasteiger partial charge in [-0.2, -0.15) is 13.2 Å². The molecule has 6 heteroatoms. The number of rotatable bonds is 2. The highest BCUT2D eigenvalue weighted by Crippen LogP contribution is 2.27. The van der Waals surface area contributed by atoms with Gasteiger partial charge in [-0.1, -0.05) is 20.8 Å². The zero-order chi connectivity index (χ0) is 13.3. The predicted molar refractivity (Wildman–Crippen MR) is 59.6 cm³/mol. The lowest BCUT2D eigenvalue weighted by molar-refractivity contribution is -0.141. The molecule has 0 fully saturated rings. The fourth-order valence-corrected chi connectivity index (χ4v) is 0.999. The van der Waals surface area contributed by atoms with E-state index < -0.39 is 11.9 Å². The van der Waals surface area contributed by atoms with Crippen LogP contribution in [0.15, 0.2) is 12.1 Å². The summed E-state index contributed by atoms with van der Waals surface area (Å²) >= 11 is 0. The Kier molecular flexibility index (Phi) is 3.64. The van der Waals surface area contributed by atoms with Gasteiger partial charge in [0.1, 0.15) is 5.82 Å². The Morgan fingerprint density at radius 1 is 1.12 bits per heavy atom. The first-order valence-electron chi connectivity index (χ1n) is 5.28. The standard InChI is InChI=1S/C11H16F3N3/c1-7(10(2,3)4)15-9-6-5-8(16-17-9)11(12,13)14/h5-7H,1-4H3,(H,15,17). The molecule has 0 bridgehead atoms. The fourth-order valence-electron chi connectivity index (χ4n) is 0.999. The van der Waals surface area contributed by atoms with Crippen LogP contribution < -0.4 is 5.32 Å². The summed E-state index contributed by atoms with van der Waals surface area (Å²) in [5.41, 5.74) is -0.990. The summed E-state index contributed by atoms with van der Waals surface area (Å²) < 4.78 is 36.7. The van der Waals surface area contributed by atoms with Gasteiger partial charge in [0.2, 0.25) is 0 Å². The molecule has 0 saturated carbocycles. The number of hydrogen-bond acceptors (Lipinski definition) is 3. The molecule has 0 radical (unpaired) electrons. The molecular weight excluding hydrogens is 231 g/mol. The van der Waals surface area contributed by atoms with Crippen molar-refractivity contribution in [3.63, 3.8) is 0 Å². The maximum atomic E-state index is 12.2. The van der Waals surface area contributed by atoms with Crippen LogP contribution in [0.25, 0.3) is 0 Å². The topological polar surface area (TPSA) is 37.8 Å². The second kappa shape index (κ2) is 4.50. The van der Waals surface area contributed by atoms with Crippen molar-refractivity contribution in [2.45, 2.75) is 39.9 Å². The van der Waals surface area contributed by atoms with E-state index in [0.29, 0.717) is 5.82 Å². The van der Waals surface area contributed by atoms with Crippen LogP contribution >= 0.6 is 0 Å². The van der Waals surface area contributed by atoms with Crippen molar-refractivity contribution in [3.05, 3.63) is 17.8 Å². The van der Waals surface area contributed by atoms with E-state index in [2.05, 4.69) is 15.5 Å². The molecule has 0 aromatic carbocycles. The van der Waals surface area contributed by atoms with Gasteiger partial charge in [0.15, 0.2) is 5.69 Å². The second-order valence-electron chi connectivity index (χ2n) is 5.03. The van der Waals surface area contributed by atoms with E-state index in [1.807, 2.05) is 27.7 Å². The van der Waals surface area contributed by atoms with Crippen LogP contribution in [0.5, 0.6) is 0 Å². The molecule has 96 valence electrons. The van der Waals surface area contributed by atoms with Gasteiger partial charge in [-0.05, 0) is 24.5 Å². The van der Waals surface area contributed by atoms with Gasteiger partial charge in [0, 0.05) is 6.04 Å². The molecule has 0 aliphatic carbocycles. The zero-order valence-corrected chi connectivity index (χ0v) is 10.3. The van der Waals surface area contributed by atoms with E-state index in [4.69, 9.17) is 0 Å². The third kappa shape index (κ3) is 3.87. The quantitative estimate of drug-likeness (QED) is 0.871. The van der Waals surface area contributed by atoms with Crippen molar-refractivity contribution < 1.29 is 13.2 Å². The minimum absolute atomic E-state index is 0.00955. The molecule has 0 aliphatic rings. The molecular formula is C11H16F3N3. The summed E-state index contributed by atoms with van der Waals surface area (Å²) in [5.74, 6) is 0.348. The third-order valence-corrected chi connectivity index (χ3v) is 2.62. The monoisotopic (exact) mass is 247 g/mol. The zero-order valence-electron chi connectivity index (χ0n) is 10.3. The van der Waals surface area contributed by atoms with Gasteiger partial charge in [0.05, 0.1) is 0 Å². The van der Waals surface area contributed by atoms with Crippen LogP contribution in [0.4, 0.5) is 19.0 Å². The normalized spacial score (nSPS) is 14.5. The maximum absolute atomic E-state index is 12.2. The van der Waals surface area contributed by atoms with Gasteiger partial charge in [-0.25, -0.2) is 0 Å². The lowest BCUT2D eigenvalue weighted by Crippen LogP contribution is -2.31. The van der Waals surface area contributed by atoms with Crippen LogP contribution in [0.1, 0.15) is 33.4 Å². The van der Waals surface area contributed by atoms with Crippen LogP contribution in [0, 0.1) is 5.41 Å². The maximum Gasteiger partial charge on any atom is 0.435 e. The molecule has 1 atom stereocenters. The molecule has 0 amide bonds. The van der Waals surface area contributed by atoms with Gasteiger partial charge < -0.3 is 5.32 Å². The Morgan fingerprint density at radius 2 is 1.71 bits per heavy atom. The van der Waals surface area contributed by atoms with Gasteiger partial charge in [-0.15, -0.1) is 10.2 Å². The molecule has 1 rings (SSSR count). The summed E-state index contributed by atoms with van der Waals surface area (Å²) in [6, 6.07) is 2.29. The minimum Gasteiger partial charge on any atom is -0.366 e. The smallest absolute Gasteiger partial charge is 0.366 e. The van der Waals surface area contributed by atoms with Crippen molar-refractivity contribution >= 4 is 5.82 Å². The van der Waals surface area contributed by atoms with Crippen molar-refractivity contribution in [1.29, 1.82) is 0 Å². The minimum atomic E-state index is -4.44. The molecule has 0 aliphatic heterocycles. The summed E-state index contributed by atoms with van der Waals surface area (Å²) in [6.07, 6.45) is -4.44. The summed E-state index contributed by atoms with van der Waals surface area (Å²) in [4.78, 5) is 0. The molecule has 1 N–H and O–H groups in total. The van der Waals surface area contributed by atoms with E-state index in [1.165, 1.54) is 6.07 Å². The van der Waals surface area contributed by atoms with Gasteiger partial charge in [0.25, 0.3) is 0 Å². The summed E-state index contributed by atoms with van der Waals surface area (Å²) in [5, 5.41) is 9.68. The summed E-state index contributed by atoms with van der Waals surface area (Å²) in [6.45, 7) is 8.03. The molecule has 1 heterocycles. The number of alkyl halides is 3. The fraction of sp³-hybridized carbons (Fsp3) is 0.636. The molecule has 17 heavy (non-hydrogen) atoms. The highest BCUT2D eigenvalue weighted by atomic mass is 19.4. The molecule has 1 aromatic heterocycles. The van der Waals surface area contributed by atoms with Crippen LogP contribution in [-0.4, -0.2) is 16.2 Å². The van der Waals surface area contributed by atoms with Crippen LogP contribution in [0.3, 0.4) is 0 Å². The molecule has 1 unspecified atom stereocenters. The lowest BCUT2D eigenvalue weighted by Gasteiger charge is -2.28. The Labute approximate surface area is 98.4 Å². The van der Waals surface area contributed by atoms with Crippen molar-refractivity contribution in [2.75, 3.05) is 5.32 Å². The van der Waals surface area contributed by atoms with Gasteiger partial charge in [-0.3, -0.25) is 0 Å². The van der Waals surface area contributed by atoms with E-state index in [1.54, 1.807) is 0 Å². The average molecular weight is 247 g/mol. The van der Waals surface area contributed by atoms with Crippen molar-refractivity contribution in [3.8, 4) is 0 Å². The number of nitrogens with one attached hydrogen (secondary N) is 1. The van der Waals surface area contributed by atoms with E-state index in [9.17, 15) is 13.2 Å². The molecule has 3 nitrogen and oxygen atoms in total. The molecule has 1 aromatic rings. The highest BCUT2D eigenvalue weighted by molar-refractivity contribution is 5.34. The molecule has 0 spiro atoms. The predicted octanol–water partition coefficient (Wildman–Crippen LogP) is 3.34. The van der Waals surface area contributed by atoms with Crippen LogP contribution in [-0.2, 0) is 6.18 Å². The Bertz CT molecular complexity index is 365. The highest BCUT2D eigenvalue weighted by Gasteiger charge is 2.33. The van der Waals surface area contributed by atoms with E-state index in [-0.39, 0.29) is 11.5 Å². The van der Waals surface area contributed by atoms with Crippen molar-refractivity contribution in [2.24, 2.45) is 5.41 Å². The SMILES string of the molecule is CC(Nc1ccc(C(F)(F)F)nn1)C(C)(C)C. The van der Waals surface area contributed by atoms with E-state index >= 15 is 0 Å². The second-order valence-corrected chi connectivity index (χ2v) is 5.03. The van der Waals surface area contributed by atoms with E-state index in [0.717, 1.165) is 6.07 Å². The van der Waals surface area contributed by atoms with Crippen LogP contribution in [0.2, 0.25) is 0 Å². The first-order chi connectivity index (χ1) is 7.60. The average Bonchev–Trinajstić information content (AvgIpc) is 2.15. The van der Waals surface area contributed by atoms with Crippen molar-refractivity contribution in [1.82, 2.24) is 10.2 Å². The number of aromatic nitrogens is 2. The summed E-state index contributed by atoms with van der Waals surface area (Å²) in [7, 11) is 0. The van der Waals surface area contributed by atoms with Gasteiger partial charge >= 0.3 is 6.18 Å². The lowest BCUT2D eigenvalue weighted by atomic mass is 9.88. The Morgan fingerprint density at radius 3 is 2.06 bits per heavy atom. The Hall–Kier alpha value is -1.33. The Balaban J connectivity index is 2.76. The number of hydrogen-bond donors (Lipinski definition) is 1. The largest absolute Gasteiger partial charge is 0.435 e. The third-order valence-electron chi connectivity index (χ3n) is 2.62. The number of halogens is 3. The number of anilines is 1. The molecule has 0 saturated heterocycles.